The summed E-state index contributed by atoms with van der Waals surface area (Å²) < 4.78 is 0. The normalized spacial score (nSPS) is 11.2. The van der Waals surface area contributed by atoms with E-state index >= 15 is 0 Å². The number of carbonyl (C=O) groups is 3. The van der Waals surface area contributed by atoms with E-state index in [2.05, 4.69) is 17.2 Å². The lowest BCUT2D eigenvalue weighted by molar-refractivity contribution is -0.138. The van der Waals surface area contributed by atoms with Crippen LogP contribution in [0.5, 0.6) is 0 Å². The molecule has 0 aliphatic heterocycles. The second kappa shape index (κ2) is 7.89. The molecule has 0 saturated heterocycles. The van der Waals surface area contributed by atoms with Crippen LogP contribution in [0.1, 0.15) is 12.5 Å². The van der Waals surface area contributed by atoms with E-state index in [0.717, 1.165) is 12.5 Å². The molecule has 0 bridgehead atoms. The average molecular weight is 274 g/mol. The highest BCUT2D eigenvalue weighted by molar-refractivity contribution is 6.35. The van der Waals surface area contributed by atoms with Crippen LogP contribution in [0.4, 0.5) is 0 Å². The molecule has 20 heavy (non-hydrogen) atoms. The van der Waals surface area contributed by atoms with Gasteiger partial charge in [0.15, 0.2) is 0 Å². The fourth-order valence-electron chi connectivity index (χ4n) is 1.61. The van der Waals surface area contributed by atoms with Gasteiger partial charge >= 0.3 is 0 Å². The summed E-state index contributed by atoms with van der Waals surface area (Å²) >= 11 is 0. The zero-order valence-electron chi connectivity index (χ0n) is 11.4. The Morgan fingerprint density at radius 3 is 2.45 bits per heavy atom. The molecular formula is C15H18N2O3. The van der Waals surface area contributed by atoms with Crippen LogP contribution >= 0.6 is 0 Å². The standard InChI is InChI=1S/C15H18N2O3/c1-3-9-16-15(20)13(17-14(19)11(2)18)10-12-7-5-4-6-8-12/h3-8,13H,1,9-10H2,2H3,(H,16,20)(H,17,19)/t13-/m0/s1. The topological polar surface area (TPSA) is 75.3 Å². The Balaban J connectivity index is 2.78. The second-order valence-corrected chi connectivity index (χ2v) is 4.31. The highest BCUT2D eigenvalue weighted by atomic mass is 16.2. The summed E-state index contributed by atoms with van der Waals surface area (Å²) in [5.41, 5.74) is 0.898. The van der Waals surface area contributed by atoms with E-state index in [1.165, 1.54) is 0 Å². The van der Waals surface area contributed by atoms with Gasteiger partial charge in [-0.15, -0.1) is 6.58 Å². The Bertz CT molecular complexity index is 497. The number of nitrogens with one attached hydrogen (secondary N) is 2. The minimum Gasteiger partial charge on any atom is -0.351 e. The maximum atomic E-state index is 12.0. The third-order valence-corrected chi connectivity index (χ3v) is 2.64. The minimum absolute atomic E-state index is 0.306. The summed E-state index contributed by atoms with van der Waals surface area (Å²) in [6.45, 7) is 4.98. The van der Waals surface area contributed by atoms with E-state index in [1.54, 1.807) is 6.08 Å². The van der Waals surface area contributed by atoms with Gasteiger partial charge in [0.1, 0.15) is 6.04 Å². The van der Waals surface area contributed by atoms with Crippen LogP contribution in [0.15, 0.2) is 43.0 Å². The van der Waals surface area contributed by atoms with Gasteiger partial charge in [-0.2, -0.15) is 0 Å². The van der Waals surface area contributed by atoms with Gasteiger partial charge in [-0.05, 0) is 5.56 Å². The quantitative estimate of drug-likeness (QED) is 0.565. The molecule has 5 nitrogen and oxygen atoms in total. The van der Waals surface area contributed by atoms with Crippen LogP contribution in [0.2, 0.25) is 0 Å². The zero-order chi connectivity index (χ0) is 15.0. The highest BCUT2D eigenvalue weighted by Gasteiger charge is 2.22. The van der Waals surface area contributed by atoms with Gasteiger partial charge in [-0.3, -0.25) is 14.4 Å². The number of Topliss-reactive ketones (excluding diaryl/α,β-unsaturated/α-hetero) is 1. The summed E-state index contributed by atoms with van der Waals surface area (Å²) in [4.78, 5) is 34.4. The molecule has 0 saturated carbocycles. The largest absolute Gasteiger partial charge is 0.351 e. The first kappa shape index (κ1) is 15.6. The predicted octanol–water partition coefficient (Wildman–Crippen LogP) is 0.605. The minimum atomic E-state index is -0.784. The smallest absolute Gasteiger partial charge is 0.287 e. The molecule has 1 rings (SSSR count). The van der Waals surface area contributed by atoms with Crippen LogP contribution < -0.4 is 10.6 Å². The molecule has 2 amide bonds. The molecule has 0 unspecified atom stereocenters. The van der Waals surface area contributed by atoms with Crippen LogP contribution in [-0.4, -0.2) is 30.2 Å². The zero-order valence-corrected chi connectivity index (χ0v) is 11.4. The molecule has 2 N–H and O–H groups in total. The molecule has 1 aromatic rings. The predicted molar refractivity (Wildman–Crippen MR) is 76.0 cm³/mol. The van der Waals surface area contributed by atoms with Crippen LogP contribution in [0.3, 0.4) is 0 Å². The Hall–Kier alpha value is -2.43. The fraction of sp³-hybridized carbons (Fsp3) is 0.267. The number of hydrogen-bond donors (Lipinski definition) is 2. The first-order valence-electron chi connectivity index (χ1n) is 6.28. The van der Waals surface area contributed by atoms with Crippen molar-refractivity contribution in [3.63, 3.8) is 0 Å². The Kier molecular flexibility index (Phi) is 6.16. The summed E-state index contributed by atoms with van der Waals surface area (Å²) in [7, 11) is 0. The van der Waals surface area contributed by atoms with Crippen molar-refractivity contribution in [1.82, 2.24) is 10.6 Å². The van der Waals surface area contributed by atoms with E-state index in [9.17, 15) is 14.4 Å². The molecular weight excluding hydrogens is 256 g/mol. The van der Waals surface area contributed by atoms with Gasteiger partial charge in [-0.1, -0.05) is 36.4 Å². The van der Waals surface area contributed by atoms with Crippen molar-refractivity contribution in [2.45, 2.75) is 19.4 Å². The van der Waals surface area contributed by atoms with E-state index in [1.807, 2.05) is 30.3 Å². The van der Waals surface area contributed by atoms with Gasteiger partial charge in [0, 0.05) is 19.9 Å². The molecule has 0 spiro atoms. The summed E-state index contributed by atoms with van der Waals surface area (Å²) in [6, 6.07) is 8.49. The van der Waals surface area contributed by atoms with Crippen molar-refractivity contribution in [2.75, 3.05) is 6.54 Å². The molecule has 0 heterocycles. The monoisotopic (exact) mass is 274 g/mol. The first-order valence-corrected chi connectivity index (χ1v) is 6.28. The number of hydrogen-bond acceptors (Lipinski definition) is 3. The molecule has 1 aromatic carbocycles. The number of carbonyl (C=O) groups excluding carboxylic acids is 3. The molecule has 0 aliphatic rings. The van der Waals surface area contributed by atoms with E-state index in [-0.39, 0.29) is 5.91 Å². The van der Waals surface area contributed by atoms with Crippen molar-refractivity contribution in [3.05, 3.63) is 48.6 Å². The summed E-state index contributed by atoms with van der Waals surface area (Å²) in [5, 5.41) is 5.05. The SMILES string of the molecule is C=CCNC(=O)[C@H](Cc1ccccc1)NC(=O)C(C)=O. The van der Waals surface area contributed by atoms with Crippen LogP contribution in [0, 0.1) is 0 Å². The van der Waals surface area contributed by atoms with Gasteiger partial charge in [0.25, 0.3) is 5.91 Å². The van der Waals surface area contributed by atoms with E-state index in [4.69, 9.17) is 0 Å². The Labute approximate surface area is 118 Å². The molecule has 0 aliphatic carbocycles. The molecule has 0 radical (unpaired) electrons. The Morgan fingerprint density at radius 2 is 1.90 bits per heavy atom. The number of benzene rings is 1. The first-order chi connectivity index (χ1) is 9.54. The number of amides is 2. The van der Waals surface area contributed by atoms with Crippen molar-refractivity contribution in [1.29, 1.82) is 0 Å². The van der Waals surface area contributed by atoms with E-state index in [0.29, 0.717) is 13.0 Å². The Morgan fingerprint density at radius 1 is 1.25 bits per heavy atom. The van der Waals surface area contributed by atoms with Crippen LogP contribution in [-0.2, 0) is 20.8 Å². The lowest BCUT2D eigenvalue weighted by atomic mass is 10.0. The van der Waals surface area contributed by atoms with Gasteiger partial charge < -0.3 is 10.6 Å². The number of rotatable bonds is 7. The second-order valence-electron chi connectivity index (χ2n) is 4.31. The maximum Gasteiger partial charge on any atom is 0.287 e. The third-order valence-electron chi connectivity index (χ3n) is 2.64. The van der Waals surface area contributed by atoms with E-state index < -0.39 is 17.7 Å². The molecule has 5 heteroatoms. The fourth-order valence-corrected chi connectivity index (χ4v) is 1.61. The molecule has 1 atom stereocenters. The van der Waals surface area contributed by atoms with Crippen molar-refractivity contribution >= 4 is 17.6 Å². The van der Waals surface area contributed by atoms with Gasteiger partial charge in [0.05, 0.1) is 0 Å². The van der Waals surface area contributed by atoms with Gasteiger partial charge in [0.2, 0.25) is 11.7 Å². The highest BCUT2D eigenvalue weighted by Crippen LogP contribution is 2.03. The number of ketones is 1. The molecule has 106 valence electrons. The van der Waals surface area contributed by atoms with Crippen LogP contribution in [0.25, 0.3) is 0 Å². The lowest BCUT2D eigenvalue weighted by Gasteiger charge is -2.17. The summed E-state index contributed by atoms with van der Waals surface area (Å²) in [6.07, 6.45) is 1.87. The lowest BCUT2D eigenvalue weighted by Crippen LogP contribution is -2.49. The van der Waals surface area contributed by atoms with Gasteiger partial charge in [-0.25, -0.2) is 0 Å². The maximum absolute atomic E-state index is 12.0. The molecule has 0 fully saturated rings. The average Bonchev–Trinajstić information content (AvgIpc) is 2.44. The van der Waals surface area contributed by atoms with Crippen molar-refractivity contribution in [2.24, 2.45) is 0 Å². The molecule has 0 aromatic heterocycles. The third kappa shape index (κ3) is 5.06. The summed E-state index contributed by atoms with van der Waals surface area (Å²) in [5.74, 6) is -1.73. The van der Waals surface area contributed by atoms with Crippen molar-refractivity contribution in [3.8, 4) is 0 Å². The van der Waals surface area contributed by atoms with Crippen molar-refractivity contribution < 1.29 is 14.4 Å².